The van der Waals surface area contributed by atoms with E-state index in [4.69, 9.17) is 38.4 Å². The van der Waals surface area contributed by atoms with Crippen LogP contribution in [0.3, 0.4) is 0 Å². The number of hydrogen-bond acceptors (Lipinski definition) is 8. The zero-order valence-electron chi connectivity index (χ0n) is 29.9. The van der Waals surface area contributed by atoms with Gasteiger partial charge in [-0.3, -0.25) is 0 Å². The molecule has 0 unspecified atom stereocenters. The first-order chi connectivity index (χ1) is 25.6. The second-order valence-corrected chi connectivity index (χ2v) is 12.0. The molecule has 52 heavy (non-hydrogen) atoms. The highest BCUT2D eigenvalue weighted by Gasteiger charge is 2.18. The largest absolute Gasteiger partial charge is 0.490 e. The molecule has 0 amide bonds. The Balaban J connectivity index is 1.47. The summed E-state index contributed by atoms with van der Waals surface area (Å²) >= 11 is 0. The van der Waals surface area contributed by atoms with Crippen molar-refractivity contribution in [2.45, 2.75) is 51.4 Å². The summed E-state index contributed by atoms with van der Waals surface area (Å²) in [5.74, 6) is 3.99. The molecule has 0 saturated heterocycles. The fourth-order valence-corrected chi connectivity index (χ4v) is 5.34. The Morgan fingerprint density at radius 3 is 1.04 bits per heavy atom. The lowest BCUT2D eigenvalue weighted by Crippen LogP contribution is -2.03. The van der Waals surface area contributed by atoms with Crippen LogP contribution in [0, 0.1) is 0 Å². The summed E-state index contributed by atoms with van der Waals surface area (Å²) in [7, 11) is 0. The number of allylic oxidation sites excluding steroid dienone is 4. The van der Waals surface area contributed by atoms with Crippen molar-refractivity contribution in [1.29, 1.82) is 0 Å². The molecule has 0 spiro atoms. The van der Waals surface area contributed by atoms with Crippen LogP contribution < -0.4 is 28.4 Å². The number of unbranched alkanes of at least 4 members (excludes halogenated alkanes) is 4. The van der Waals surface area contributed by atoms with Gasteiger partial charge in [-0.05, 0) is 87.8 Å². The van der Waals surface area contributed by atoms with Crippen LogP contribution in [-0.4, -0.2) is 36.4 Å². The van der Waals surface area contributed by atoms with E-state index >= 15 is 0 Å². The standard InChI is InChI=1S/C44H48N2O6/c1-5-9-13-29-47-35-19-17-20-36(48-30-14-10-6-2)43(35)51-39-27-25-33-23-24-34-26-28-40(46-42(34)41(33)45-39)52-44-37(49-31-15-11-7-3)21-18-22-38(44)50-32-16-12-8-4/h5-8,17-28H,1-4,9-16,29-32H2. The number of para-hydroxylation sites is 2. The summed E-state index contributed by atoms with van der Waals surface area (Å²) < 4.78 is 37.5. The van der Waals surface area contributed by atoms with E-state index in [2.05, 4.69) is 26.3 Å². The Hall–Kier alpha value is -5.76. The van der Waals surface area contributed by atoms with Crippen molar-refractivity contribution in [3.63, 3.8) is 0 Å². The molecular weight excluding hydrogens is 652 g/mol. The fraction of sp³-hybridized carbons (Fsp3) is 0.273. The van der Waals surface area contributed by atoms with Crippen molar-refractivity contribution in [3.8, 4) is 46.3 Å². The maximum absolute atomic E-state index is 6.47. The highest BCUT2D eigenvalue weighted by molar-refractivity contribution is 6.03. The zero-order chi connectivity index (χ0) is 36.4. The molecule has 270 valence electrons. The average Bonchev–Trinajstić information content (AvgIpc) is 3.17. The molecular formula is C44H48N2O6. The van der Waals surface area contributed by atoms with Crippen LogP contribution in [0.2, 0.25) is 0 Å². The number of aromatic nitrogens is 2. The third kappa shape index (κ3) is 10.4. The zero-order valence-corrected chi connectivity index (χ0v) is 29.9. The van der Waals surface area contributed by atoms with Crippen molar-refractivity contribution < 1.29 is 28.4 Å². The van der Waals surface area contributed by atoms with E-state index in [1.165, 1.54) is 0 Å². The first-order valence-corrected chi connectivity index (χ1v) is 17.9. The van der Waals surface area contributed by atoms with Crippen LogP contribution in [0.25, 0.3) is 21.8 Å². The highest BCUT2D eigenvalue weighted by Crippen LogP contribution is 2.42. The molecule has 2 heterocycles. The van der Waals surface area contributed by atoms with Gasteiger partial charge < -0.3 is 28.4 Å². The number of ether oxygens (including phenoxy) is 6. The lowest BCUT2D eigenvalue weighted by Gasteiger charge is -2.17. The summed E-state index contributed by atoms with van der Waals surface area (Å²) in [5, 5.41) is 1.80. The molecule has 0 saturated carbocycles. The number of hydrogen-bond donors (Lipinski definition) is 0. The predicted molar refractivity (Wildman–Crippen MR) is 210 cm³/mol. The second kappa shape index (κ2) is 20.2. The molecule has 0 N–H and O–H groups in total. The number of nitrogens with zero attached hydrogens (tertiary/aromatic N) is 2. The molecule has 0 fully saturated rings. The monoisotopic (exact) mass is 700 g/mol. The highest BCUT2D eigenvalue weighted by atomic mass is 16.6. The van der Waals surface area contributed by atoms with Crippen LogP contribution in [0.1, 0.15) is 51.4 Å². The van der Waals surface area contributed by atoms with Crippen LogP contribution in [-0.2, 0) is 0 Å². The number of fused-ring (bicyclic) bond motifs is 3. The third-order valence-corrected chi connectivity index (χ3v) is 8.01. The van der Waals surface area contributed by atoms with Gasteiger partial charge in [0.2, 0.25) is 23.3 Å². The smallest absolute Gasteiger partial charge is 0.220 e. The normalized spacial score (nSPS) is 10.8. The SMILES string of the molecule is C=CCCCOc1cccc(OCCCC=C)c1Oc1ccc2ccc3ccc(Oc4c(OCCCC=C)cccc4OCCCC=C)nc3c2n1. The second-order valence-electron chi connectivity index (χ2n) is 12.0. The van der Waals surface area contributed by atoms with Gasteiger partial charge in [-0.15, -0.1) is 26.3 Å². The van der Waals surface area contributed by atoms with Crippen molar-refractivity contribution >= 4 is 21.8 Å². The summed E-state index contributed by atoms with van der Waals surface area (Å²) in [5.41, 5.74) is 1.32. The first-order valence-electron chi connectivity index (χ1n) is 17.9. The Morgan fingerprint density at radius 2 is 0.731 bits per heavy atom. The third-order valence-electron chi connectivity index (χ3n) is 8.01. The van der Waals surface area contributed by atoms with Gasteiger partial charge in [0.15, 0.2) is 23.0 Å². The molecule has 5 rings (SSSR count). The molecule has 2 aromatic heterocycles. The number of benzene rings is 3. The van der Waals surface area contributed by atoms with Crippen molar-refractivity contribution in [1.82, 2.24) is 9.97 Å². The Bertz CT molecular complexity index is 1750. The van der Waals surface area contributed by atoms with E-state index in [0.717, 1.165) is 62.1 Å². The molecule has 0 aliphatic carbocycles. The fourth-order valence-electron chi connectivity index (χ4n) is 5.34. The van der Waals surface area contributed by atoms with Gasteiger partial charge in [0, 0.05) is 22.9 Å². The van der Waals surface area contributed by atoms with Crippen molar-refractivity contribution in [2.24, 2.45) is 0 Å². The van der Waals surface area contributed by atoms with Crippen molar-refractivity contribution in [3.05, 3.63) is 123 Å². The van der Waals surface area contributed by atoms with Gasteiger partial charge in [0.25, 0.3) is 0 Å². The van der Waals surface area contributed by atoms with Crippen LogP contribution in [0.5, 0.6) is 46.3 Å². The first kappa shape index (κ1) is 37.5. The van der Waals surface area contributed by atoms with Gasteiger partial charge in [0.1, 0.15) is 11.0 Å². The van der Waals surface area contributed by atoms with Gasteiger partial charge in [0.05, 0.1) is 26.4 Å². The summed E-state index contributed by atoms with van der Waals surface area (Å²) in [6.07, 6.45) is 14.3. The molecule has 0 bridgehead atoms. The number of pyridine rings is 2. The van der Waals surface area contributed by atoms with E-state index in [0.29, 0.717) is 83.7 Å². The molecule has 0 aliphatic heterocycles. The Labute approximate surface area is 307 Å². The van der Waals surface area contributed by atoms with Crippen LogP contribution in [0.4, 0.5) is 0 Å². The van der Waals surface area contributed by atoms with E-state index in [-0.39, 0.29) is 0 Å². The molecule has 8 heteroatoms. The molecule has 3 aromatic carbocycles. The Kier molecular flexibility index (Phi) is 14.6. The van der Waals surface area contributed by atoms with E-state index in [9.17, 15) is 0 Å². The van der Waals surface area contributed by atoms with Crippen LogP contribution in [0.15, 0.2) is 123 Å². The minimum Gasteiger partial charge on any atom is -0.490 e. The van der Waals surface area contributed by atoms with Crippen molar-refractivity contribution in [2.75, 3.05) is 26.4 Å². The van der Waals surface area contributed by atoms with E-state index in [1.807, 2.05) is 97.1 Å². The topological polar surface area (TPSA) is 81.2 Å². The molecule has 8 nitrogen and oxygen atoms in total. The van der Waals surface area contributed by atoms with Gasteiger partial charge in [-0.25, -0.2) is 9.97 Å². The lowest BCUT2D eigenvalue weighted by molar-refractivity contribution is 0.271. The summed E-state index contributed by atoms with van der Waals surface area (Å²) in [4.78, 5) is 9.91. The van der Waals surface area contributed by atoms with Gasteiger partial charge in [-0.2, -0.15) is 0 Å². The Morgan fingerprint density at radius 1 is 0.423 bits per heavy atom. The minimum absolute atomic E-state index is 0.375. The predicted octanol–water partition coefficient (Wildman–Crippen LogP) is 11.7. The maximum atomic E-state index is 6.47. The average molecular weight is 701 g/mol. The van der Waals surface area contributed by atoms with Gasteiger partial charge >= 0.3 is 0 Å². The molecule has 0 radical (unpaired) electrons. The lowest BCUT2D eigenvalue weighted by atomic mass is 10.1. The maximum Gasteiger partial charge on any atom is 0.220 e. The number of rotatable bonds is 24. The van der Waals surface area contributed by atoms with E-state index in [1.54, 1.807) is 0 Å². The summed E-state index contributed by atoms with van der Waals surface area (Å²) in [6, 6.07) is 22.9. The minimum atomic E-state index is 0.375. The molecule has 5 aromatic rings. The molecule has 0 atom stereocenters. The van der Waals surface area contributed by atoms with Crippen LogP contribution >= 0.6 is 0 Å². The summed E-state index contributed by atoms with van der Waals surface area (Å²) in [6.45, 7) is 17.3. The molecule has 0 aliphatic rings. The quantitative estimate of drug-likeness (QED) is 0.0357. The van der Waals surface area contributed by atoms with E-state index < -0.39 is 0 Å². The van der Waals surface area contributed by atoms with Gasteiger partial charge in [-0.1, -0.05) is 48.6 Å².